The summed E-state index contributed by atoms with van der Waals surface area (Å²) in [6.07, 6.45) is 4.99. The van der Waals surface area contributed by atoms with Crippen LogP contribution >= 0.6 is 0 Å². The molecular formula is C27H29N7O4S. The Labute approximate surface area is 226 Å². The maximum atomic E-state index is 11.9. The third kappa shape index (κ3) is 6.02. The average Bonchev–Trinajstić information content (AvgIpc) is 3.59. The van der Waals surface area contributed by atoms with Gasteiger partial charge in [-0.1, -0.05) is 12.6 Å². The Balaban J connectivity index is 1.31. The highest BCUT2D eigenvalue weighted by Gasteiger charge is 2.31. The van der Waals surface area contributed by atoms with Crippen molar-refractivity contribution in [2.24, 2.45) is 0 Å². The fourth-order valence-corrected chi connectivity index (χ4v) is 5.32. The van der Waals surface area contributed by atoms with Crippen LogP contribution in [0.4, 0.5) is 23.0 Å². The molecule has 1 saturated heterocycles. The highest BCUT2D eigenvalue weighted by atomic mass is 32.2. The molecule has 0 aliphatic carbocycles. The molecule has 5 rings (SSSR count). The molecule has 12 heteroatoms. The summed E-state index contributed by atoms with van der Waals surface area (Å²) in [5, 5.41) is 6.64. The summed E-state index contributed by atoms with van der Waals surface area (Å²) in [7, 11) is -1.21. The zero-order valence-electron chi connectivity index (χ0n) is 21.6. The minimum Gasteiger partial charge on any atom is -0.438 e. The van der Waals surface area contributed by atoms with Crippen molar-refractivity contribution in [3.8, 4) is 11.6 Å². The van der Waals surface area contributed by atoms with Gasteiger partial charge in [0.05, 0.1) is 11.6 Å². The van der Waals surface area contributed by atoms with Crippen LogP contribution in [0.2, 0.25) is 0 Å². The second kappa shape index (κ2) is 10.8. The number of aromatic nitrogens is 3. The number of rotatable bonds is 9. The molecule has 202 valence electrons. The maximum Gasteiger partial charge on any atom is 0.247 e. The molecular weight excluding hydrogens is 518 g/mol. The van der Waals surface area contributed by atoms with E-state index < -0.39 is 10.0 Å². The number of anilines is 4. The largest absolute Gasteiger partial charge is 0.438 e. The van der Waals surface area contributed by atoms with Crippen molar-refractivity contribution in [1.82, 2.24) is 19.3 Å². The van der Waals surface area contributed by atoms with Crippen LogP contribution in [-0.2, 0) is 14.8 Å². The van der Waals surface area contributed by atoms with E-state index in [4.69, 9.17) is 4.74 Å². The predicted octanol–water partition coefficient (Wildman–Crippen LogP) is 4.09. The lowest BCUT2D eigenvalue weighted by molar-refractivity contribution is -0.111. The second-order valence-corrected chi connectivity index (χ2v) is 11.2. The van der Waals surface area contributed by atoms with Gasteiger partial charge in [0.1, 0.15) is 11.4 Å². The highest BCUT2D eigenvalue weighted by molar-refractivity contribution is 7.88. The third-order valence-electron chi connectivity index (χ3n) is 6.56. The third-order valence-corrected chi connectivity index (χ3v) is 7.83. The van der Waals surface area contributed by atoms with Gasteiger partial charge in [-0.3, -0.25) is 4.79 Å². The summed E-state index contributed by atoms with van der Waals surface area (Å²) < 4.78 is 31.3. The number of H-pyrrole nitrogens is 1. The summed E-state index contributed by atoms with van der Waals surface area (Å²) in [5.41, 5.74) is 2.94. The van der Waals surface area contributed by atoms with Gasteiger partial charge in [0, 0.05) is 55.5 Å². The maximum absolute atomic E-state index is 11.9. The summed E-state index contributed by atoms with van der Waals surface area (Å²) in [5.74, 6) is 0.878. The predicted molar refractivity (Wildman–Crippen MR) is 152 cm³/mol. The number of hydrogen-bond donors (Lipinski definition) is 3. The van der Waals surface area contributed by atoms with Gasteiger partial charge < -0.3 is 25.3 Å². The Kier molecular flexibility index (Phi) is 7.22. The molecule has 11 nitrogen and oxygen atoms in total. The molecule has 1 amide bonds. The van der Waals surface area contributed by atoms with Crippen LogP contribution in [-0.4, -0.2) is 66.0 Å². The first-order valence-electron chi connectivity index (χ1n) is 12.3. The van der Waals surface area contributed by atoms with E-state index in [9.17, 15) is 13.2 Å². The zero-order chi connectivity index (χ0) is 27.6. The number of hydrogen-bond acceptors (Lipinski definition) is 8. The quantitative estimate of drug-likeness (QED) is 0.267. The average molecular weight is 548 g/mol. The van der Waals surface area contributed by atoms with Crippen LogP contribution in [0.1, 0.15) is 6.42 Å². The fourth-order valence-electron chi connectivity index (χ4n) is 4.44. The number of sulfonamides is 1. The molecule has 0 unspecified atom stereocenters. The second-order valence-electron chi connectivity index (χ2n) is 9.26. The van der Waals surface area contributed by atoms with Gasteiger partial charge in [-0.05, 0) is 55.0 Å². The Morgan fingerprint density at radius 1 is 1.18 bits per heavy atom. The van der Waals surface area contributed by atoms with E-state index in [2.05, 4.69) is 37.1 Å². The minimum absolute atomic E-state index is 0.112. The number of fused-ring (bicyclic) bond motifs is 1. The first-order chi connectivity index (χ1) is 18.7. The van der Waals surface area contributed by atoms with Crippen LogP contribution in [0.15, 0.2) is 73.4 Å². The Morgan fingerprint density at radius 3 is 2.69 bits per heavy atom. The van der Waals surface area contributed by atoms with Crippen molar-refractivity contribution < 1.29 is 17.9 Å². The number of nitrogens with one attached hydrogen (secondary N) is 3. The van der Waals surface area contributed by atoms with Gasteiger partial charge >= 0.3 is 0 Å². The summed E-state index contributed by atoms with van der Waals surface area (Å²) in [4.78, 5) is 26.0. The topological polar surface area (TPSA) is 133 Å². The molecule has 0 bridgehead atoms. The fraction of sp³-hybridized carbons (Fsp3) is 0.222. The van der Waals surface area contributed by atoms with Crippen LogP contribution in [0.25, 0.3) is 11.0 Å². The van der Waals surface area contributed by atoms with E-state index in [1.54, 1.807) is 30.5 Å². The normalized spacial score (nSPS) is 15.7. The van der Waals surface area contributed by atoms with Crippen molar-refractivity contribution in [2.75, 3.05) is 41.9 Å². The monoisotopic (exact) mass is 547 g/mol. The number of nitrogens with zero attached hydrogens (tertiary/aromatic N) is 4. The van der Waals surface area contributed by atoms with E-state index in [1.165, 1.54) is 16.6 Å². The number of benzene rings is 2. The number of amides is 1. The number of ether oxygens (including phenoxy) is 1. The molecule has 1 aliphatic rings. The van der Waals surface area contributed by atoms with Crippen molar-refractivity contribution in [3.05, 3.63) is 73.4 Å². The summed E-state index contributed by atoms with van der Waals surface area (Å²) >= 11 is 0. The molecule has 2 aromatic carbocycles. The van der Waals surface area contributed by atoms with Gasteiger partial charge in [-0.15, -0.1) is 0 Å². The number of likely N-dealkylation sites (N-methyl/N-ethyl adjacent to an activating group) is 1. The van der Waals surface area contributed by atoms with E-state index in [-0.39, 0.29) is 11.9 Å². The van der Waals surface area contributed by atoms with E-state index >= 15 is 0 Å². The van der Waals surface area contributed by atoms with E-state index in [0.717, 1.165) is 17.8 Å². The molecule has 4 aromatic rings. The molecule has 0 spiro atoms. The molecule has 1 fully saturated rings. The van der Waals surface area contributed by atoms with E-state index in [1.807, 2.05) is 37.4 Å². The van der Waals surface area contributed by atoms with E-state index in [0.29, 0.717) is 47.4 Å². The molecule has 3 N–H and O–H groups in total. The Morgan fingerprint density at radius 2 is 1.97 bits per heavy atom. The highest BCUT2D eigenvalue weighted by Crippen LogP contribution is 2.31. The van der Waals surface area contributed by atoms with Gasteiger partial charge in [-0.25, -0.2) is 12.7 Å². The van der Waals surface area contributed by atoms with Crippen LogP contribution in [0.5, 0.6) is 11.6 Å². The lowest BCUT2D eigenvalue weighted by Crippen LogP contribution is -2.36. The van der Waals surface area contributed by atoms with Crippen LogP contribution in [0.3, 0.4) is 0 Å². The first kappa shape index (κ1) is 26.2. The van der Waals surface area contributed by atoms with Crippen molar-refractivity contribution in [1.29, 1.82) is 0 Å². The minimum atomic E-state index is -3.19. The van der Waals surface area contributed by atoms with Crippen LogP contribution in [0, 0.1) is 0 Å². The standard InChI is InChI=1S/C27H29N7O4S/c1-4-24(35)29-19-6-5-7-22(16-19)38-26-23-12-14-28-25(23)31-27(32-26)30-18-8-10-20(11-9-18)33(2)21-13-15-34(17-21)39(3,36)37/h4-12,14,16,21H,1,13,15,17H2,2-3H3,(H,29,35)(H2,28,30,31,32)/t21-/m0/s1. The van der Waals surface area contributed by atoms with Gasteiger partial charge in [0.25, 0.3) is 0 Å². The van der Waals surface area contributed by atoms with Gasteiger partial charge in [0.2, 0.25) is 27.8 Å². The Hall–Kier alpha value is -4.42. The van der Waals surface area contributed by atoms with Crippen molar-refractivity contribution >= 4 is 50.0 Å². The molecule has 1 aliphatic heterocycles. The molecule has 0 radical (unpaired) electrons. The number of aromatic amines is 1. The van der Waals surface area contributed by atoms with Crippen molar-refractivity contribution in [3.63, 3.8) is 0 Å². The lowest BCUT2D eigenvalue weighted by Gasteiger charge is -2.27. The Bertz CT molecular complexity index is 1620. The first-order valence-corrected chi connectivity index (χ1v) is 14.2. The molecule has 0 saturated carbocycles. The lowest BCUT2D eigenvalue weighted by atomic mass is 10.2. The molecule has 39 heavy (non-hydrogen) atoms. The molecule has 1 atom stereocenters. The number of carbonyl (C=O) groups is 1. The zero-order valence-corrected chi connectivity index (χ0v) is 22.4. The SMILES string of the molecule is C=CC(=O)Nc1cccc(Oc2nc(Nc3ccc(N(C)[C@H]4CCN(S(C)(=O)=O)C4)cc3)nc3[nH]ccc23)c1. The molecule has 3 heterocycles. The van der Waals surface area contributed by atoms with Gasteiger partial charge in [0.15, 0.2) is 0 Å². The van der Waals surface area contributed by atoms with Crippen LogP contribution < -0.4 is 20.3 Å². The van der Waals surface area contributed by atoms with Gasteiger partial charge in [-0.2, -0.15) is 9.97 Å². The summed E-state index contributed by atoms with van der Waals surface area (Å²) in [6, 6.07) is 16.7. The smallest absolute Gasteiger partial charge is 0.247 e. The van der Waals surface area contributed by atoms with Crippen molar-refractivity contribution in [2.45, 2.75) is 12.5 Å². The molecule has 2 aromatic heterocycles. The summed E-state index contributed by atoms with van der Waals surface area (Å²) in [6.45, 7) is 4.48. The number of carbonyl (C=O) groups excluding carboxylic acids is 1.